The van der Waals surface area contributed by atoms with Crippen LogP contribution in [0.25, 0.3) is 0 Å². The minimum absolute atomic E-state index is 0.0144. The topological polar surface area (TPSA) is 32.3 Å². The molecule has 1 N–H and O–H groups in total. The van der Waals surface area contributed by atoms with Crippen molar-refractivity contribution in [1.29, 1.82) is 0 Å². The van der Waals surface area contributed by atoms with Crippen molar-refractivity contribution in [2.45, 2.75) is 12.8 Å². The number of hydrogen-bond acceptors (Lipinski definition) is 2. The van der Waals surface area contributed by atoms with Crippen molar-refractivity contribution in [3.05, 3.63) is 48.0 Å². The van der Waals surface area contributed by atoms with Gasteiger partial charge in [-0.15, -0.1) is 0 Å². The molecule has 1 atom stereocenters. The van der Waals surface area contributed by atoms with Crippen LogP contribution in [0.5, 0.6) is 0 Å². The summed E-state index contributed by atoms with van der Waals surface area (Å²) in [6.07, 6.45) is 1.47. The van der Waals surface area contributed by atoms with Crippen LogP contribution in [-0.2, 0) is 4.79 Å². The zero-order valence-electron chi connectivity index (χ0n) is 10.3. The Morgan fingerprint density at radius 2 is 2.11 bits per heavy atom. The lowest BCUT2D eigenvalue weighted by molar-refractivity contribution is -0.124. The number of thiocarbonyl (C=S) groups is 1. The van der Waals surface area contributed by atoms with Gasteiger partial charge in [0.1, 0.15) is 4.99 Å². The molecule has 1 fully saturated rings. The van der Waals surface area contributed by atoms with Crippen LogP contribution in [0.3, 0.4) is 0 Å². The molecule has 0 bridgehead atoms. The highest BCUT2D eigenvalue weighted by molar-refractivity contribution is 7.80. The first-order valence-corrected chi connectivity index (χ1v) is 6.29. The SMILES string of the molecule is C=C1CC1CC(=O)NN(C)C(=S)c1ccccc1. The molecule has 0 aromatic heterocycles. The summed E-state index contributed by atoms with van der Waals surface area (Å²) < 4.78 is 0. The molecular formula is C14H16N2OS. The maximum atomic E-state index is 11.7. The third-order valence-corrected chi connectivity index (χ3v) is 3.48. The normalized spacial score (nSPS) is 17.2. The van der Waals surface area contributed by atoms with Gasteiger partial charge in [0.15, 0.2) is 0 Å². The van der Waals surface area contributed by atoms with Crippen LogP contribution in [0, 0.1) is 5.92 Å². The minimum Gasteiger partial charge on any atom is -0.277 e. The summed E-state index contributed by atoms with van der Waals surface area (Å²) in [6.45, 7) is 3.84. The fourth-order valence-electron chi connectivity index (χ4n) is 1.76. The van der Waals surface area contributed by atoms with Gasteiger partial charge in [0.05, 0.1) is 0 Å². The molecule has 4 heteroatoms. The third-order valence-electron chi connectivity index (χ3n) is 2.98. The van der Waals surface area contributed by atoms with Crippen molar-refractivity contribution >= 4 is 23.1 Å². The lowest BCUT2D eigenvalue weighted by Crippen LogP contribution is -2.42. The molecule has 1 unspecified atom stereocenters. The minimum atomic E-state index is -0.0144. The van der Waals surface area contributed by atoms with E-state index in [2.05, 4.69) is 12.0 Å². The number of amides is 1. The summed E-state index contributed by atoms with van der Waals surface area (Å²) in [7, 11) is 1.76. The van der Waals surface area contributed by atoms with E-state index in [1.165, 1.54) is 5.57 Å². The predicted molar refractivity (Wildman–Crippen MR) is 75.9 cm³/mol. The maximum Gasteiger partial charge on any atom is 0.239 e. The van der Waals surface area contributed by atoms with Crippen molar-refractivity contribution in [1.82, 2.24) is 10.4 Å². The maximum absolute atomic E-state index is 11.7. The molecule has 1 aromatic rings. The van der Waals surface area contributed by atoms with Crippen molar-refractivity contribution in [2.75, 3.05) is 7.05 Å². The molecule has 1 aliphatic rings. The van der Waals surface area contributed by atoms with Crippen LogP contribution >= 0.6 is 12.2 Å². The highest BCUT2D eigenvalue weighted by Gasteiger charge is 2.29. The summed E-state index contributed by atoms with van der Waals surface area (Å²) in [4.78, 5) is 12.3. The Balaban J connectivity index is 1.87. The van der Waals surface area contributed by atoms with Gasteiger partial charge < -0.3 is 0 Å². The van der Waals surface area contributed by atoms with E-state index in [-0.39, 0.29) is 5.91 Å². The molecule has 1 aromatic carbocycles. The number of hydrogen-bond donors (Lipinski definition) is 1. The van der Waals surface area contributed by atoms with Crippen LogP contribution < -0.4 is 5.43 Å². The molecule has 0 saturated heterocycles. The molecule has 3 nitrogen and oxygen atoms in total. The Labute approximate surface area is 112 Å². The number of nitrogens with one attached hydrogen (secondary N) is 1. The fraction of sp³-hybridized carbons (Fsp3) is 0.286. The van der Waals surface area contributed by atoms with Crippen molar-refractivity contribution < 1.29 is 4.79 Å². The number of carbonyl (C=O) groups is 1. The standard InChI is InChI=1S/C14H16N2OS/c1-10-8-12(10)9-13(17)15-16(2)14(18)11-6-4-3-5-7-11/h3-7,12H,1,8-9H2,2H3,(H,15,17). The smallest absolute Gasteiger partial charge is 0.239 e. The lowest BCUT2D eigenvalue weighted by Gasteiger charge is -2.21. The summed E-state index contributed by atoms with van der Waals surface area (Å²) in [5.41, 5.74) is 4.87. The summed E-state index contributed by atoms with van der Waals surface area (Å²) >= 11 is 5.31. The zero-order valence-corrected chi connectivity index (χ0v) is 11.2. The molecular weight excluding hydrogens is 244 g/mol. The molecule has 18 heavy (non-hydrogen) atoms. The molecule has 2 rings (SSSR count). The van der Waals surface area contributed by atoms with Crippen LogP contribution in [0.4, 0.5) is 0 Å². The lowest BCUT2D eigenvalue weighted by atomic mass is 10.2. The second kappa shape index (κ2) is 5.31. The second-order valence-electron chi connectivity index (χ2n) is 4.53. The van der Waals surface area contributed by atoms with E-state index in [0.717, 1.165) is 12.0 Å². The van der Waals surface area contributed by atoms with Gasteiger partial charge in [0.25, 0.3) is 0 Å². The van der Waals surface area contributed by atoms with Crippen LogP contribution in [0.1, 0.15) is 18.4 Å². The Morgan fingerprint density at radius 1 is 1.50 bits per heavy atom. The number of carbonyl (C=O) groups excluding carboxylic acids is 1. The van der Waals surface area contributed by atoms with Gasteiger partial charge in [-0.25, -0.2) is 0 Å². The number of hydrazine groups is 1. The highest BCUT2D eigenvalue weighted by Crippen LogP contribution is 2.38. The highest BCUT2D eigenvalue weighted by atomic mass is 32.1. The van der Waals surface area contributed by atoms with Crippen molar-refractivity contribution in [3.63, 3.8) is 0 Å². The quantitative estimate of drug-likeness (QED) is 0.514. The first-order chi connectivity index (χ1) is 8.58. The molecule has 0 heterocycles. The van der Waals surface area contributed by atoms with Gasteiger partial charge in [-0.1, -0.05) is 54.7 Å². The molecule has 1 aliphatic carbocycles. The Kier molecular flexibility index (Phi) is 3.77. The number of benzene rings is 1. The monoisotopic (exact) mass is 260 g/mol. The fourth-order valence-corrected chi connectivity index (χ4v) is 1.94. The van der Waals surface area contributed by atoms with Crippen molar-refractivity contribution in [2.24, 2.45) is 5.92 Å². The first kappa shape index (κ1) is 12.8. The Morgan fingerprint density at radius 3 is 2.67 bits per heavy atom. The molecule has 0 aliphatic heterocycles. The van der Waals surface area contributed by atoms with Gasteiger partial charge in [0, 0.05) is 19.0 Å². The van der Waals surface area contributed by atoms with Gasteiger partial charge in [-0.3, -0.25) is 15.2 Å². The van der Waals surface area contributed by atoms with E-state index in [9.17, 15) is 4.79 Å². The number of allylic oxidation sites excluding steroid dienone is 1. The van der Waals surface area contributed by atoms with E-state index in [0.29, 0.717) is 17.3 Å². The van der Waals surface area contributed by atoms with E-state index in [4.69, 9.17) is 12.2 Å². The largest absolute Gasteiger partial charge is 0.277 e. The van der Waals surface area contributed by atoms with Gasteiger partial charge in [-0.05, 0) is 12.3 Å². The molecule has 0 spiro atoms. The van der Waals surface area contributed by atoms with Gasteiger partial charge in [-0.2, -0.15) is 0 Å². The van der Waals surface area contributed by atoms with Crippen LogP contribution in [0.15, 0.2) is 42.5 Å². The molecule has 0 radical (unpaired) electrons. The van der Waals surface area contributed by atoms with E-state index in [1.54, 1.807) is 12.1 Å². The van der Waals surface area contributed by atoms with Crippen LogP contribution in [0.2, 0.25) is 0 Å². The number of rotatable bonds is 3. The second-order valence-corrected chi connectivity index (χ2v) is 4.92. The Hall–Kier alpha value is -1.68. The van der Waals surface area contributed by atoms with E-state index >= 15 is 0 Å². The van der Waals surface area contributed by atoms with E-state index < -0.39 is 0 Å². The van der Waals surface area contributed by atoms with Crippen LogP contribution in [-0.4, -0.2) is 23.0 Å². The number of nitrogens with zero attached hydrogens (tertiary/aromatic N) is 1. The van der Waals surface area contributed by atoms with Gasteiger partial charge >= 0.3 is 0 Å². The summed E-state index contributed by atoms with van der Waals surface area (Å²) in [5.74, 6) is 0.350. The average Bonchev–Trinajstić information content (AvgIpc) is 3.04. The van der Waals surface area contributed by atoms with Gasteiger partial charge in [0.2, 0.25) is 5.91 Å². The molecule has 94 valence electrons. The summed E-state index contributed by atoms with van der Waals surface area (Å²) in [6, 6.07) is 9.63. The van der Waals surface area contributed by atoms with Crippen molar-refractivity contribution in [3.8, 4) is 0 Å². The average molecular weight is 260 g/mol. The summed E-state index contributed by atoms with van der Waals surface area (Å²) in [5, 5.41) is 1.60. The Bertz CT molecular complexity index is 484. The molecule has 1 saturated carbocycles. The molecule has 1 amide bonds. The first-order valence-electron chi connectivity index (χ1n) is 5.88. The predicted octanol–water partition coefficient (Wildman–Crippen LogP) is 2.29. The third kappa shape index (κ3) is 3.17. The zero-order chi connectivity index (χ0) is 13.1. The van der Waals surface area contributed by atoms with E-state index in [1.807, 2.05) is 30.3 Å².